The summed E-state index contributed by atoms with van der Waals surface area (Å²) in [4.78, 5) is 14.5. The van der Waals surface area contributed by atoms with Gasteiger partial charge in [-0.1, -0.05) is 19.8 Å². The number of carbonyl (C=O) groups excluding carboxylic acids is 1. The molecule has 1 aliphatic carbocycles. The molecule has 4 heteroatoms. The van der Waals surface area contributed by atoms with Gasteiger partial charge >= 0.3 is 0 Å². The first kappa shape index (κ1) is 18.4. The Morgan fingerprint density at radius 3 is 2.48 bits per heavy atom. The Bertz CT molecular complexity index is 348. The SMILES string of the molecule is CC1CCCC(CNC(C)C(=O)NC(C)(C)C)(N(C)C)C1. The molecule has 2 N–H and O–H groups in total. The van der Waals surface area contributed by atoms with Crippen molar-refractivity contribution < 1.29 is 4.79 Å². The molecule has 1 aliphatic rings. The molecule has 21 heavy (non-hydrogen) atoms. The Kier molecular flexibility index (Phi) is 6.23. The van der Waals surface area contributed by atoms with Crippen LogP contribution in [0.4, 0.5) is 0 Å². The number of carbonyl (C=O) groups is 1. The van der Waals surface area contributed by atoms with E-state index in [9.17, 15) is 4.79 Å². The van der Waals surface area contributed by atoms with Crippen LogP contribution in [0, 0.1) is 5.92 Å². The molecule has 0 aromatic carbocycles. The standard InChI is InChI=1S/C17H35N3O/c1-13-9-8-10-17(11-13,20(6)7)12-18-14(2)15(21)19-16(3,4)5/h13-14,18H,8-12H2,1-7H3,(H,19,21). The van der Waals surface area contributed by atoms with Gasteiger partial charge in [0.1, 0.15) is 0 Å². The smallest absolute Gasteiger partial charge is 0.237 e. The van der Waals surface area contributed by atoms with Crippen molar-refractivity contribution in [3.63, 3.8) is 0 Å². The third-order valence-electron chi connectivity index (χ3n) is 4.64. The molecule has 0 aromatic rings. The van der Waals surface area contributed by atoms with Crippen molar-refractivity contribution in [3.8, 4) is 0 Å². The highest BCUT2D eigenvalue weighted by molar-refractivity contribution is 5.81. The van der Waals surface area contributed by atoms with Crippen LogP contribution < -0.4 is 10.6 Å². The zero-order valence-corrected chi connectivity index (χ0v) is 15.0. The molecule has 124 valence electrons. The van der Waals surface area contributed by atoms with Crippen LogP contribution in [0.25, 0.3) is 0 Å². The summed E-state index contributed by atoms with van der Waals surface area (Å²) < 4.78 is 0. The van der Waals surface area contributed by atoms with Crippen molar-refractivity contribution >= 4 is 5.91 Å². The molecule has 1 amide bonds. The zero-order valence-electron chi connectivity index (χ0n) is 15.0. The minimum Gasteiger partial charge on any atom is -0.350 e. The molecule has 0 saturated heterocycles. The third-order valence-corrected chi connectivity index (χ3v) is 4.64. The first-order valence-corrected chi connectivity index (χ1v) is 8.28. The maximum atomic E-state index is 12.2. The van der Waals surface area contributed by atoms with Gasteiger partial charge in [-0.05, 0) is 60.5 Å². The fraction of sp³-hybridized carbons (Fsp3) is 0.941. The highest BCUT2D eigenvalue weighted by Gasteiger charge is 2.37. The maximum Gasteiger partial charge on any atom is 0.237 e. The van der Waals surface area contributed by atoms with Crippen LogP contribution >= 0.6 is 0 Å². The van der Waals surface area contributed by atoms with Gasteiger partial charge in [-0.15, -0.1) is 0 Å². The van der Waals surface area contributed by atoms with Gasteiger partial charge in [0.15, 0.2) is 0 Å². The van der Waals surface area contributed by atoms with Crippen molar-refractivity contribution in [2.75, 3.05) is 20.6 Å². The molecule has 1 saturated carbocycles. The second-order valence-electron chi connectivity index (χ2n) is 8.16. The predicted octanol–water partition coefficient (Wildman–Crippen LogP) is 2.39. The Morgan fingerprint density at radius 1 is 1.38 bits per heavy atom. The summed E-state index contributed by atoms with van der Waals surface area (Å²) in [5, 5.41) is 6.51. The fourth-order valence-electron chi connectivity index (χ4n) is 3.27. The number of nitrogens with one attached hydrogen (secondary N) is 2. The lowest BCUT2D eigenvalue weighted by molar-refractivity contribution is -0.124. The van der Waals surface area contributed by atoms with E-state index >= 15 is 0 Å². The quantitative estimate of drug-likeness (QED) is 0.819. The van der Waals surface area contributed by atoms with Gasteiger partial charge in [-0.3, -0.25) is 4.79 Å². The Balaban J connectivity index is 2.59. The average Bonchev–Trinajstić information content (AvgIpc) is 2.33. The summed E-state index contributed by atoms with van der Waals surface area (Å²) >= 11 is 0. The van der Waals surface area contributed by atoms with Crippen molar-refractivity contribution in [2.45, 2.75) is 77.4 Å². The maximum absolute atomic E-state index is 12.2. The monoisotopic (exact) mass is 297 g/mol. The van der Waals surface area contributed by atoms with Crippen molar-refractivity contribution in [2.24, 2.45) is 5.92 Å². The van der Waals surface area contributed by atoms with E-state index in [1.807, 2.05) is 27.7 Å². The molecule has 0 aromatic heterocycles. The molecule has 0 heterocycles. The summed E-state index contributed by atoms with van der Waals surface area (Å²) in [6.45, 7) is 11.2. The first-order chi connectivity index (χ1) is 9.56. The van der Waals surface area contributed by atoms with Crippen molar-refractivity contribution in [1.82, 2.24) is 15.5 Å². The minimum atomic E-state index is -0.175. The molecule has 1 fully saturated rings. The summed E-state index contributed by atoms with van der Waals surface area (Å²) in [5.41, 5.74) is 0.0134. The summed E-state index contributed by atoms with van der Waals surface area (Å²) in [6.07, 6.45) is 5.03. The number of amides is 1. The Labute approximate surface area is 131 Å². The van der Waals surface area contributed by atoms with Gasteiger partial charge in [-0.25, -0.2) is 0 Å². The van der Waals surface area contributed by atoms with Gasteiger partial charge in [0.05, 0.1) is 6.04 Å². The van der Waals surface area contributed by atoms with E-state index in [2.05, 4.69) is 36.6 Å². The van der Waals surface area contributed by atoms with E-state index in [1.54, 1.807) is 0 Å². The number of rotatable bonds is 5. The van der Waals surface area contributed by atoms with Gasteiger partial charge < -0.3 is 15.5 Å². The lowest BCUT2D eigenvalue weighted by atomic mass is 9.75. The van der Waals surface area contributed by atoms with E-state index in [0.717, 1.165) is 12.5 Å². The summed E-state index contributed by atoms with van der Waals surface area (Å²) in [5.74, 6) is 0.849. The van der Waals surface area contributed by atoms with Gasteiger partial charge in [0, 0.05) is 17.6 Å². The number of hydrogen-bond donors (Lipinski definition) is 2. The third kappa shape index (κ3) is 5.59. The molecular weight excluding hydrogens is 262 g/mol. The van der Waals surface area contributed by atoms with Crippen molar-refractivity contribution in [3.05, 3.63) is 0 Å². The Morgan fingerprint density at radius 2 is 2.00 bits per heavy atom. The lowest BCUT2D eigenvalue weighted by Crippen LogP contribution is -2.58. The molecule has 4 nitrogen and oxygen atoms in total. The molecule has 3 atom stereocenters. The molecule has 1 rings (SSSR count). The molecule has 3 unspecified atom stereocenters. The van der Waals surface area contributed by atoms with Crippen LogP contribution in [-0.4, -0.2) is 48.6 Å². The van der Waals surface area contributed by atoms with E-state index < -0.39 is 0 Å². The van der Waals surface area contributed by atoms with Crippen LogP contribution in [0.15, 0.2) is 0 Å². The fourth-order valence-corrected chi connectivity index (χ4v) is 3.27. The topological polar surface area (TPSA) is 44.4 Å². The minimum absolute atomic E-state index is 0.0836. The number of nitrogens with zero attached hydrogens (tertiary/aromatic N) is 1. The van der Waals surface area contributed by atoms with Crippen LogP contribution in [0.1, 0.15) is 60.3 Å². The summed E-state index contributed by atoms with van der Waals surface area (Å²) in [6, 6.07) is -0.154. The number of likely N-dealkylation sites (N-methyl/N-ethyl adjacent to an activating group) is 1. The lowest BCUT2D eigenvalue weighted by Gasteiger charge is -2.46. The Hall–Kier alpha value is -0.610. The van der Waals surface area contributed by atoms with Gasteiger partial charge in [0.25, 0.3) is 0 Å². The highest BCUT2D eigenvalue weighted by Crippen LogP contribution is 2.35. The molecule has 0 bridgehead atoms. The van der Waals surface area contributed by atoms with E-state index in [0.29, 0.717) is 0 Å². The van der Waals surface area contributed by atoms with E-state index in [-0.39, 0.29) is 23.0 Å². The van der Waals surface area contributed by atoms with Crippen LogP contribution in [0.2, 0.25) is 0 Å². The first-order valence-electron chi connectivity index (χ1n) is 8.28. The van der Waals surface area contributed by atoms with E-state index in [4.69, 9.17) is 0 Å². The molecule has 0 spiro atoms. The normalized spacial score (nSPS) is 28.5. The average molecular weight is 297 g/mol. The van der Waals surface area contributed by atoms with Gasteiger partial charge in [-0.2, -0.15) is 0 Å². The van der Waals surface area contributed by atoms with Crippen LogP contribution in [-0.2, 0) is 4.79 Å². The number of hydrogen-bond acceptors (Lipinski definition) is 3. The second kappa shape index (κ2) is 7.10. The highest BCUT2D eigenvalue weighted by atomic mass is 16.2. The second-order valence-corrected chi connectivity index (χ2v) is 8.16. The van der Waals surface area contributed by atoms with E-state index in [1.165, 1.54) is 25.7 Å². The molecule has 0 aliphatic heterocycles. The molecular formula is C17H35N3O. The van der Waals surface area contributed by atoms with Crippen molar-refractivity contribution in [1.29, 1.82) is 0 Å². The molecule has 0 radical (unpaired) electrons. The van der Waals surface area contributed by atoms with Gasteiger partial charge in [0.2, 0.25) is 5.91 Å². The zero-order chi connectivity index (χ0) is 16.3. The predicted molar refractivity (Wildman–Crippen MR) is 89.4 cm³/mol. The van der Waals surface area contributed by atoms with Crippen LogP contribution in [0.5, 0.6) is 0 Å². The van der Waals surface area contributed by atoms with Crippen LogP contribution in [0.3, 0.4) is 0 Å². The largest absolute Gasteiger partial charge is 0.350 e. The summed E-state index contributed by atoms with van der Waals surface area (Å²) in [7, 11) is 4.33.